The minimum absolute atomic E-state index is 0.135. The molecular weight excluding hydrogens is 540 g/mol. The number of aromatic hydroxyl groups is 1. The van der Waals surface area contributed by atoms with Crippen molar-refractivity contribution in [3.8, 4) is 34.1 Å². The zero-order valence-corrected chi connectivity index (χ0v) is 22.9. The van der Waals surface area contributed by atoms with Gasteiger partial charge in [0.15, 0.2) is 17.8 Å². The van der Waals surface area contributed by atoms with Crippen molar-refractivity contribution in [3.63, 3.8) is 0 Å². The first kappa shape index (κ1) is 27.1. The van der Waals surface area contributed by atoms with Crippen molar-refractivity contribution in [2.45, 2.75) is 6.54 Å². The lowest BCUT2D eigenvalue weighted by Gasteiger charge is -2.12. The Kier molecular flexibility index (Phi) is 7.43. The Labute approximate surface area is 247 Å². The Morgan fingerprint density at radius 2 is 1.74 bits per heavy atom. The summed E-state index contributed by atoms with van der Waals surface area (Å²) < 4.78 is 1.96. The molecule has 0 spiro atoms. The van der Waals surface area contributed by atoms with E-state index < -0.39 is 0 Å². The third kappa shape index (κ3) is 5.73. The van der Waals surface area contributed by atoms with E-state index in [9.17, 15) is 14.7 Å². The van der Waals surface area contributed by atoms with Crippen LogP contribution in [0.2, 0.25) is 0 Å². The van der Waals surface area contributed by atoms with Crippen LogP contribution in [0.3, 0.4) is 0 Å². The van der Waals surface area contributed by atoms with E-state index in [4.69, 9.17) is 15.7 Å². The summed E-state index contributed by atoms with van der Waals surface area (Å²) in [4.78, 5) is 37.4. The van der Waals surface area contributed by atoms with Crippen molar-refractivity contribution >= 4 is 35.3 Å². The number of hydrogen-bond acceptors (Lipinski definition) is 7. The zero-order valence-electron chi connectivity index (χ0n) is 22.9. The van der Waals surface area contributed by atoms with Crippen molar-refractivity contribution < 1.29 is 14.7 Å². The van der Waals surface area contributed by atoms with E-state index in [0.717, 1.165) is 28.0 Å². The molecule has 0 fully saturated rings. The van der Waals surface area contributed by atoms with Gasteiger partial charge in [0.2, 0.25) is 5.91 Å². The second-order valence-corrected chi connectivity index (χ2v) is 9.77. The fourth-order valence-electron chi connectivity index (χ4n) is 4.71. The number of nitrogen functional groups attached to an aromatic ring is 1. The summed E-state index contributed by atoms with van der Waals surface area (Å²) in [5.74, 6) is 0.557. The molecule has 0 unspecified atom stereocenters. The highest BCUT2D eigenvalue weighted by Gasteiger charge is 2.18. The number of anilines is 1. The number of nitrogens with one attached hydrogen (secondary N) is 1. The molecule has 0 aliphatic rings. The number of aromatic nitrogens is 4. The number of nitrogens with zero attached hydrogens (tertiary/aromatic N) is 4. The van der Waals surface area contributed by atoms with Crippen LogP contribution in [0, 0.1) is 0 Å². The van der Waals surface area contributed by atoms with Gasteiger partial charge in [-0.25, -0.2) is 15.0 Å². The molecule has 210 valence electrons. The number of phenolic OH excluding ortho intramolecular Hbond substituents is 1. The molecule has 6 aromatic rings. The highest BCUT2D eigenvalue weighted by molar-refractivity contribution is 5.92. The fraction of sp³-hybridized carbons (Fsp3) is 0.0294. The standard InChI is InChI=1S/C34H26N6O3/c35-32-27(7-4-18-36-32)33-39-29-16-15-28(24-5-2-1-3-6-24)38-34(29)40(33)26-13-9-23(10-14-26)20-37-31(43)17-11-22-8-12-25(21-41)30(42)19-22/h1-19,21,42H,20H2,(H2,35,36)(H,37,43). The van der Waals surface area contributed by atoms with Crippen molar-refractivity contribution in [1.29, 1.82) is 0 Å². The molecule has 0 radical (unpaired) electrons. The van der Waals surface area contributed by atoms with Gasteiger partial charge < -0.3 is 16.2 Å². The van der Waals surface area contributed by atoms with Crippen LogP contribution >= 0.6 is 0 Å². The van der Waals surface area contributed by atoms with Gasteiger partial charge in [0.25, 0.3) is 0 Å². The van der Waals surface area contributed by atoms with E-state index in [2.05, 4.69) is 10.3 Å². The van der Waals surface area contributed by atoms with Gasteiger partial charge >= 0.3 is 0 Å². The van der Waals surface area contributed by atoms with E-state index in [-0.39, 0.29) is 17.2 Å². The number of carbonyl (C=O) groups is 2. The maximum Gasteiger partial charge on any atom is 0.244 e. The Morgan fingerprint density at radius 3 is 2.49 bits per heavy atom. The highest BCUT2D eigenvalue weighted by atomic mass is 16.3. The molecule has 0 aliphatic carbocycles. The molecule has 4 N–H and O–H groups in total. The summed E-state index contributed by atoms with van der Waals surface area (Å²) in [6, 6.07) is 29.9. The molecule has 3 heterocycles. The first-order chi connectivity index (χ1) is 21.0. The minimum Gasteiger partial charge on any atom is -0.507 e. The number of phenols is 1. The van der Waals surface area contributed by atoms with Crippen LogP contribution in [0.1, 0.15) is 21.5 Å². The van der Waals surface area contributed by atoms with Crippen LogP contribution in [-0.4, -0.2) is 36.8 Å². The largest absolute Gasteiger partial charge is 0.507 e. The normalized spacial score (nSPS) is 11.2. The van der Waals surface area contributed by atoms with Crippen LogP contribution in [0.15, 0.2) is 109 Å². The molecule has 43 heavy (non-hydrogen) atoms. The molecule has 0 saturated carbocycles. The molecule has 0 saturated heterocycles. The first-order valence-corrected chi connectivity index (χ1v) is 13.5. The van der Waals surface area contributed by atoms with Gasteiger partial charge in [-0.3, -0.25) is 14.2 Å². The van der Waals surface area contributed by atoms with Crippen LogP contribution in [0.5, 0.6) is 5.75 Å². The summed E-state index contributed by atoms with van der Waals surface area (Å²) in [5, 5.41) is 12.7. The SMILES string of the molecule is Nc1ncccc1-c1nc2ccc(-c3ccccc3)nc2n1-c1ccc(CNC(=O)C=Cc2ccc(C=O)c(O)c2)cc1. The smallest absolute Gasteiger partial charge is 0.244 e. The molecule has 0 bridgehead atoms. The molecule has 0 aliphatic heterocycles. The van der Waals surface area contributed by atoms with E-state index in [1.54, 1.807) is 18.3 Å². The van der Waals surface area contributed by atoms with Gasteiger partial charge in [-0.2, -0.15) is 0 Å². The lowest BCUT2D eigenvalue weighted by Crippen LogP contribution is -2.20. The molecule has 6 rings (SSSR count). The Morgan fingerprint density at radius 1 is 0.930 bits per heavy atom. The van der Waals surface area contributed by atoms with Crippen LogP contribution in [-0.2, 0) is 11.3 Å². The first-order valence-electron chi connectivity index (χ1n) is 13.5. The van der Waals surface area contributed by atoms with Crippen LogP contribution in [0.4, 0.5) is 5.82 Å². The summed E-state index contributed by atoms with van der Waals surface area (Å²) in [7, 11) is 0. The molecule has 1 amide bonds. The number of amides is 1. The van der Waals surface area contributed by atoms with Crippen molar-refractivity contribution in [2.24, 2.45) is 0 Å². The number of aldehydes is 1. The van der Waals surface area contributed by atoms with Gasteiger partial charge in [-0.1, -0.05) is 48.5 Å². The zero-order chi connectivity index (χ0) is 29.8. The van der Waals surface area contributed by atoms with Crippen molar-refractivity contribution in [1.82, 2.24) is 24.8 Å². The molecule has 0 atom stereocenters. The van der Waals surface area contributed by atoms with E-state index in [1.165, 1.54) is 18.2 Å². The van der Waals surface area contributed by atoms with Gasteiger partial charge in [0.05, 0.1) is 16.8 Å². The number of nitrogens with two attached hydrogens (primary N) is 1. The molecule has 3 aromatic carbocycles. The molecule has 9 nitrogen and oxygen atoms in total. The summed E-state index contributed by atoms with van der Waals surface area (Å²) in [6.07, 6.45) is 5.16. The summed E-state index contributed by atoms with van der Waals surface area (Å²) in [6.45, 7) is 0.308. The number of rotatable bonds is 8. The average molecular weight is 567 g/mol. The quantitative estimate of drug-likeness (QED) is 0.162. The maximum absolute atomic E-state index is 12.4. The average Bonchev–Trinajstić information content (AvgIpc) is 3.42. The minimum atomic E-state index is -0.296. The number of imidazole rings is 1. The van der Waals surface area contributed by atoms with E-state index in [1.807, 2.05) is 83.4 Å². The van der Waals surface area contributed by atoms with Crippen LogP contribution < -0.4 is 11.1 Å². The Balaban J connectivity index is 1.27. The molecule has 3 aromatic heterocycles. The second kappa shape index (κ2) is 11.8. The molecule has 9 heteroatoms. The van der Waals surface area contributed by atoms with Gasteiger partial charge in [-0.05, 0) is 65.7 Å². The predicted octanol–water partition coefficient (Wildman–Crippen LogP) is 5.58. The number of pyridine rings is 2. The Bertz CT molecular complexity index is 1980. The Hall–Kier alpha value is -6.09. The van der Waals surface area contributed by atoms with Gasteiger partial charge in [0.1, 0.15) is 17.1 Å². The number of fused-ring (bicyclic) bond motifs is 1. The topological polar surface area (TPSA) is 136 Å². The number of carbonyl (C=O) groups excluding carboxylic acids is 2. The third-order valence-electron chi connectivity index (χ3n) is 6.92. The lowest BCUT2D eigenvalue weighted by atomic mass is 10.1. The van der Waals surface area contributed by atoms with Gasteiger partial charge in [0, 0.05) is 30.1 Å². The maximum atomic E-state index is 12.4. The molecular formula is C34H26N6O3. The lowest BCUT2D eigenvalue weighted by molar-refractivity contribution is -0.116. The highest BCUT2D eigenvalue weighted by Crippen LogP contribution is 2.31. The van der Waals surface area contributed by atoms with Gasteiger partial charge in [-0.15, -0.1) is 0 Å². The number of benzene rings is 3. The number of hydrogen-bond donors (Lipinski definition) is 3. The second-order valence-electron chi connectivity index (χ2n) is 9.77. The monoisotopic (exact) mass is 566 g/mol. The summed E-state index contributed by atoms with van der Waals surface area (Å²) >= 11 is 0. The van der Waals surface area contributed by atoms with E-state index in [0.29, 0.717) is 41.2 Å². The van der Waals surface area contributed by atoms with E-state index >= 15 is 0 Å². The van der Waals surface area contributed by atoms with Crippen LogP contribution in [0.25, 0.3) is 45.6 Å². The fourth-order valence-corrected chi connectivity index (χ4v) is 4.71. The van der Waals surface area contributed by atoms with Crippen molar-refractivity contribution in [2.75, 3.05) is 5.73 Å². The predicted molar refractivity (Wildman–Crippen MR) is 166 cm³/mol. The summed E-state index contributed by atoms with van der Waals surface area (Å²) in [5.41, 5.74) is 12.7. The third-order valence-corrected chi connectivity index (χ3v) is 6.92. The van der Waals surface area contributed by atoms with Crippen molar-refractivity contribution in [3.05, 3.63) is 126 Å².